The van der Waals surface area contributed by atoms with Crippen molar-refractivity contribution in [1.82, 2.24) is 0 Å². The second kappa shape index (κ2) is 6.00. The van der Waals surface area contributed by atoms with Crippen molar-refractivity contribution in [3.8, 4) is 0 Å². The zero-order valence-electron chi connectivity index (χ0n) is 11.5. The van der Waals surface area contributed by atoms with Gasteiger partial charge in [-0.15, -0.1) is 0 Å². The van der Waals surface area contributed by atoms with Crippen LogP contribution in [0.1, 0.15) is 28.3 Å². The highest BCUT2D eigenvalue weighted by atomic mass is 16.3. The second-order valence-electron chi connectivity index (χ2n) is 5.13. The van der Waals surface area contributed by atoms with E-state index in [9.17, 15) is 5.11 Å². The molecule has 0 saturated heterocycles. The molecule has 2 heteroatoms. The predicted octanol–water partition coefficient (Wildman–Crippen LogP) is 2.91. The molecule has 2 aromatic carbocycles. The van der Waals surface area contributed by atoms with Gasteiger partial charge < -0.3 is 10.8 Å². The maximum absolute atomic E-state index is 10.3. The third kappa shape index (κ3) is 3.43. The van der Waals surface area contributed by atoms with Crippen molar-refractivity contribution in [3.63, 3.8) is 0 Å². The first-order valence-corrected chi connectivity index (χ1v) is 6.62. The molecule has 2 atom stereocenters. The number of hydrogen-bond acceptors (Lipinski definition) is 2. The van der Waals surface area contributed by atoms with E-state index in [0.717, 1.165) is 11.1 Å². The molecule has 2 rings (SSSR count). The third-order valence-electron chi connectivity index (χ3n) is 3.62. The molecule has 0 unspecified atom stereocenters. The highest BCUT2D eigenvalue weighted by Gasteiger charge is 2.17. The number of aliphatic hydroxyl groups is 1. The highest BCUT2D eigenvalue weighted by Crippen LogP contribution is 2.20. The number of benzene rings is 2. The minimum absolute atomic E-state index is 0.348. The summed E-state index contributed by atoms with van der Waals surface area (Å²) < 4.78 is 0. The highest BCUT2D eigenvalue weighted by molar-refractivity contribution is 5.32. The summed E-state index contributed by atoms with van der Waals surface area (Å²) in [6.45, 7) is 4.14. The van der Waals surface area contributed by atoms with Crippen LogP contribution in [0.3, 0.4) is 0 Å². The largest absolute Gasteiger partial charge is 0.391 e. The van der Waals surface area contributed by atoms with Crippen LogP contribution in [0.5, 0.6) is 0 Å². The number of aryl methyl sites for hydroxylation is 2. The summed E-state index contributed by atoms with van der Waals surface area (Å²) in [5.41, 5.74) is 10.7. The molecule has 19 heavy (non-hydrogen) atoms. The molecule has 3 N–H and O–H groups in total. The van der Waals surface area contributed by atoms with E-state index in [1.807, 2.05) is 36.4 Å². The van der Waals surface area contributed by atoms with Crippen molar-refractivity contribution in [2.24, 2.45) is 5.73 Å². The minimum Gasteiger partial charge on any atom is -0.391 e. The van der Waals surface area contributed by atoms with Crippen LogP contribution in [0.25, 0.3) is 0 Å². The van der Waals surface area contributed by atoms with Gasteiger partial charge in [-0.05, 0) is 36.1 Å². The van der Waals surface area contributed by atoms with E-state index in [1.165, 1.54) is 11.1 Å². The van der Waals surface area contributed by atoms with Crippen LogP contribution < -0.4 is 5.73 Å². The van der Waals surface area contributed by atoms with Gasteiger partial charge in [0.05, 0.1) is 12.1 Å². The Labute approximate surface area is 114 Å². The summed E-state index contributed by atoms with van der Waals surface area (Å²) in [4.78, 5) is 0. The van der Waals surface area contributed by atoms with Gasteiger partial charge in [0, 0.05) is 6.42 Å². The maximum Gasteiger partial charge on any atom is 0.0773 e. The number of nitrogens with two attached hydrogens (primary N) is 1. The van der Waals surface area contributed by atoms with Crippen LogP contribution in [-0.4, -0.2) is 11.2 Å². The lowest BCUT2D eigenvalue weighted by Gasteiger charge is -2.20. The van der Waals surface area contributed by atoms with Gasteiger partial charge in [-0.25, -0.2) is 0 Å². The molecule has 2 aromatic rings. The van der Waals surface area contributed by atoms with Crippen LogP contribution in [-0.2, 0) is 6.42 Å². The Kier molecular flexibility index (Phi) is 4.35. The minimum atomic E-state index is -0.565. The molecule has 0 aromatic heterocycles. The Morgan fingerprint density at radius 2 is 1.68 bits per heavy atom. The van der Waals surface area contributed by atoms with E-state index in [-0.39, 0.29) is 6.04 Å². The van der Waals surface area contributed by atoms with Gasteiger partial charge in [0.1, 0.15) is 0 Å². The zero-order chi connectivity index (χ0) is 13.8. The molecule has 0 fully saturated rings. The molecule has 0 aliphatic heterocycles. The maximum atomic E-state index is 10.3. The van der Waals surface area contributed by atoms with E-state index >= 15 is 0 Å². The Hall–Kier alpha value is -1.64. The van der Waals surface area contributed by atoms with Gasteiger partial charge in [-0.1, -0.05) is 48.5 Å². The summed E-state index contributed by atoms with van der Waals surface area (Å²) in [6.07, 6.45) is 0.0130. The van der Waals surface area contributed by atoms with Crippen molar-refractivity contribution < 1.29 is 5.11 Å². The molecule has 100 valence electrons. The first kappa shape index (κ1) is 13.8. The van der Waals surface area contributed by atoms with Crippen LogP contribution >= 0.6 is 0 Å². The Bertz CT molecular complexity index is 536. The number of aliphatic hydroxyl groups excluding tert-OH is 1. The van der Waals surface area contributed by atoms with Crippen LogP contribution in [0.2, 0.25) is 0 Å². The molecule has 0 spiro atoms. The molecule has 0 amide bonds. The Morgan fingerprint density at radius 3 is 2.32 bits per heavy atom. The van der Waals surface area contributed by atoms with Crippen LogP contribution in [0.15, 0.2) is 48.5 Å². The number of rotatable bonds is 4. The van der Waals surface area contributed by atoms with E-state index in [1.54, 1.807) is 0 Å². The fourth-order valence-electron chi connectivity index (χ4n) is 2.18. The normalized spacial score (nSPS) is 14.1. The molecule has 0 radical (unpaired) electrons. The van der Waals surface area contributed by atoms with Crippen molar-refractivity contribution in [3.05, 3.63) is 70.8 Å². The summed E-state index contributed by atoms with van der Waals surface area (Å²) in [5, 5.41) is 10.3. The third-order valence-corrected chi connectivity index (χ3v) is 3.62. The van der Waals surface area contributed by atoms with Crippen LogP contribution in [0.4, 0.5) is 0 Å². The lowest BCUT2D eigenvalue weighted by molar-refractivity contribution is 0.145. The molecule has 0 aliphatic carbocycles. The van der Waals surface area contributed by atoms with Gasteiger partial charge >= 0.3 is 0 Å². The first-order chi connectivity index (χ1) is 9.08. The van der Waals surface area contributed by atoms with E-state index in [2.05, 4.69) is 26.0 Å². The van der Waals surface area contributed by atoms with Gasteiger partial charge in [0.25, 0.3) is 0 Å². The molecule has 2 nitrogen and oxygen atoms in total. The molecule has 0 saturated carbocycles. The predicted molar refractivity (Wildman–Crippen MR) is 79.0 cm³/mol. The lowest BCUT2D eigenvalue weighted by atomic mass is 9.94. The summed E-state index contributed by atoms with van der Waals surface area (Å²) >= 11 is 0. The smallest absolute Gasteiger partial charge is 0.0773 e. The van der Waals surface area contributed by atoms with E-state index < -0.39 is 6.10 Å². The molecule has 0 aliphatic rings. The summed E-state index contributed by atoms with van der Waals surface area (Å²) in [6, 6.07) is 15.7. The first-order valence-electron chi connectivity index (χ1n) is 6.62. The standard InChI is InChI=1S/C17H21NO/c1-12-8-9-15(10-13(12)2)17(18)16(19)11-14-6-4-3-5-7-14/h3-10,16-17,19H,11,18H2,1-2H3/t16-,17+/m1/s1. The topological polar surface area (TPSA) is 46.2 Å². The van der Waals surface area contributed by atoms with Crippen LogP contribution in [0, 0.1) is 13.8 Å². The fourth-order valence-corrected chi connectivity index (χ4v) is 2.18. The van der Waals surface area contributed by atoms with Gasteiger partial charge in [-0.3, -0.25) is 0 Å². The van der Waals surface area contributed by atoms with Crippen molar-refractivity contribution in [2.45, 2.75) is 32.4 Å². The average Bonchev–Trinajstić information content (AvgIpc) is 2.42. The number of hydrogen-bond donors (Lipinski definition) is 2. The molecular formula is C17H21NO. The zero-order valence-corrected chi connectivity index (χ0v) is 11.5. The molecule has 0 bridgehead atoms. The fraction of sp³-hybridized carbons (Fsp3) is 0.294. The van der Waals surface area contributed by atoms with Crippen molar-refractivity contribution in [2.75, 3.05) is 0 Å². The second-order valence-corrected chi connectivity index (χ2v) is 5.13. The summed E-state index contributed by atoms with van der Waals surface area (Å²) in [5.74, 6) is 0. The van der Waals surface area contributed by atoms with E-state index in [4.69, 9.17) is 5.73 Å². The average molecular weight is 255 g/mol. The van der Waals surface area contributed by atoms with Crippen molar-refractivity contribution >= 4 is 0 Å². The van der Waals surface area contributed by atoms with Crippen molar-refractivity contribution in [1.29, 1.82) is 0 Å². The van der Waals surface area contributed by atoms with E-state index in [0.29, 0.717) is 6.42 Å². The molecular weight excluding hydrogens is 234 g/mol. The SMILES string of the molecule is Cc1ccc([C@H](N)[C@H](O)Cc2ccccc2)cc1C. The Balaban J connectivity index is 2.10. The monoisotopic (exact) mass is 255 g/mol. The molecule has 0 heterocycles. The lowest BCUT2D eigenvalue weighted by Crippen LogP contribution is -2.28. The van der Waals surface area contributed by atoms with Gasteiger partial charge in [0.2, 0.25) is 0 Å². The summed E-state index contributed by atoms with van der Waals surface area (Å²) in [7, 11) is 0. The Morgan fingerprint density at radius 1 is 1.00 bits per heavy atom. The van der Waals surface area contributed by atoms with Gasteiger partial charge in [0.15, 0.2) is 0 Å². The quantitative estimate of drug-likeness (QED) is 0.882. The van der Waals surface area contributed by atoms with Gasteiger partial charge in [-0.2, -0.15) is 0 Å².